The highest BCUT2D eigenvalue weighted by atomic mass is 32.2. The molecule has 100 valence electrons. The molecular formula is C11H18N4O2S. The molecule has 1 aliphatic carbocycles. The number of tetrazole rings is 1. The first-order valence-corrected chi connectivity index (χ1v) is 7.09. The monoisotopic (exact) mass is 270 g/mol. The predicted molar refractivity (Wildman–Crippen MR) is 67.3 cm³/mol. The Labute approximate surface area is 110 Å². The molecule has 0 aromatic carbocycles. The normalized spacial score (nSPS) is 28.2. The summed E-state index contributed by atoms with van der Waals surface area (Å²) in [5.41, 5.74) is 0. The van der Waals surface area contributed by atoms with Gasteiger partial charge in [-0.15, -0.1) is 5.10 Å². The van der Waals surface area contributed by atoms with Gasteiger partial charge >= 0.3 is 5.97 Å². The Balaban J connectivity index is 1.97. The maximum atomic E-state index is 10.7. The third kappa shape index (κ3) is 3.22. The van der Waals surface area contributed by atoms with Gasteiger partial charge < -0.3 is 5.11 Å². The molecule has 1 saturated carbocycles. The Hall–Kier alpha value is -1.11. The summed E-state index contributed by atoms with van der Waals surface area (Å²) in [5, 5.41) is 21.0. The smallest absolute Gasteiger partial charge is 0.325 e. The van der Waals surface area contributed by atoms with Gasteiger partial charge in [-0.2, -0.15) is 0 Å². The first-order chi connectivity index (χ1) is 8.56. The fourth-order valence-electron chi connectivity index (χ4n) is 2.26. The van der Waals surface area contributed by atoms with Crippen molar-refractivity contribution in [2.24, 2.45) is 11.8 Å². The second kappa shape index (κ2) is 5.69. The van der Waals surface area contributed by atoms with Crippen molar-refractivity contribution >= 4 is 17.7 Å². The van der Waals surface area contributed by atoms with Crippen molar-refractivity contribution in [1.29, 1.82) is 0 Å². The Bertz CT molecular complexity index is 423. The van der Waals surface area contributed by atoms with Gasteiger partial charge in [0.1, 0.15) is 6.54 Å². The average Bonchev–Trinajstić information content (AvgIpc) is 2.70. The van der Waals surface area contributed by atoms with Gasteiger partial charge in [0.05, 0.1) is 0 Å². The van der Waals surface area contributed by atoms with Crippen LogP contribution in [0.2, 0.25) is 0 Å². The summed E-state index contributed by atoms with van der Waals surface area (Å²) in [6.45, 7) is 4.39. The quantitative estimate of drug-likeness (QED) is 0.896. The van der Waals surface area contributed by atoms with Gasteiger partial charge in [-0.1, -0.05) is 25.6 Å². The first kappa shape index (κ1) is 13.3. The third-order valence-electron chi connectivity index (χ3n) is 3.61. The molecular weight excluding hydrogens is 252 g/mol. The molecule has 18 heavy (non-hydrogen) atoms. The molecule has 1 heterocycles. The zero-order chi connectivity index (χ0) is 13.1. The lowest BCUT2D eigenvalue weighted by Gasteiger charge is -2.31. The van der Waals surface area contributed by atoms with Crippen molar-refractivity contribution in [2.45, 2.75) is 50.1 Å². The van der Waals surface area contributed by atoms with Crippen molar-refractivity contribution in [3.05, 3.63) is 0 Å². The molecule has 0 radical (unpaired) electrons. The molecule has 1 aliphatic rings. The molecule has 0 saturated heterocycles. The summed E-state index contributed by atoms with van der Waals surface area (Å²) in [5.74, 6) is 0.562. The van der Waals surface area contributed by atoms with E-state index in [4.69, 9.17) is 5.11 Å². The van der Waals surface area contributed by atoms with E-state index in [0.717, 1.165) is 18.8 Å². The van der Waals surface area contributed by atoms with Crippen LogP contribution in [0.3, 0.4) is 0 Å². The molecule has 3 atom stereocenters. The molecule has 7 heteroatoms. The van der Waals surface area contributed by atoms with E-state index in [-0.39, 0.29) is 6.54 Å². The van der Waals surface area contributed by atoms with Crippen LogP contribution < -0.4 is 0 Å². The number of carbonyl (C=O) groups is 1. The van der Waals surface area contributed by atoms with Gasteiger partial charge in [-0.3, -0.25) is 4.79 Å². The van der Waals surface area contributed by atoms with Crippen LogP contribution in [0.25, 0.3) is 0 Å². The fourth-order valence-corrected chi connectivity index (χ4v) is 3.52. The molecule has 1 aromatic rings. The maximum absolute atomic E-state index is 10.7. The molecule has 0 bridgehead atoms. The van der Waals surface area contributed by atoms with E-state index in [1.807, 2.05) is 0 Å². The first-order valence-electron chi connectivity index (χ1n) is 6.21. The second-order valence-corrected chi connectivity index (χ2v) is 6.29. The highest BCUT2D eigenvalue weighted by Gasteiger charge is 2.26. The van der Waals surface area contributed by atoms with Crippen molar-refractivity contribution in [3.8, 4) is 0 Å². The van der Waals surface area contributed by atoms with E-state index >= 15 is 0 Å². The van der Waals surface area contributed by atoms with Crippen LogP contribution in [0.1, 0.15) is 33.1 Å². The van der Waals surface area contributed by atoms with E-state index in [0.29, 0.717) is 16.3 Å². The predicted octanol–water partition coefficient (Wildman–Crippen LogP) is 1.67. The van der Waals surface area contributed by atoms with Crippen LogP contribution in [0.4, 0.5) is 0 Å². The number of carboxylic acids is 1. The summed E-state index contributed by atoms with van der Waals surface area (Å²) in [6.07, 6.45) is 3.52. The Morgan fingerprint density at radius 2 is 2.22 bits per heavy atom. The summed E-state index contributed by atoms with van der Waals surface area (Å²) in [7, 11) is 0. The van der Waals surface area contributed by atoms with Crippen molar-refractivity contribution in [1.82, 2.24) is 20.2 Å². The van der Waals surface area contributed by atoms with Gasteiger partial charge in [0.2, 0.25) is 5.16 Å². The minimum atomic E-state index is -0.921. The molecule has 3 unspecified atom stereocenters. The summed E-state index contributed by atoms with van der Waals surface area (Å²) in [4.78, 5) is 10.7. The lowest BCUT2D eigenvalue weighted by atomic mass is 9.81. The molecule has 6 nitrogen and oxygen atoms in total. The Morgan fingerprint density at radius 1 is 1.44 bits per heavy atom. The van der Waals surface area contributed by atoms with E-state index in [9.17, 15) is 4.79 Å². The Morgan fingerprint density at radius 3 is 2.89 bits per heavy atom. The van der Waals surface area contributed by atoms with Crippen molar-refractivity contribution in [3.63, 3.8) is 0 Å². The molecule has 0 spiro atoms. The van der Waals surface area contributed by atoms with Gasteiger partial charge in [0.15, 0.2) is 0 Å². The molecule has 2 rings (SSSR count). The van der Waals surface area contributed by atoms with Crippen LogP contribution in [0.15, 0.2) is 5.16 Å². The van der Waals surface area contributed by atoms with Crippen LogP contribution in [-0.2, 0) is 11.3 Å². The van der Waals surface area contributed by atoms with Crippen molar-refractivity contribution in [2.75, 3.05) is 0 Å². The fraction of sp³-hybridized carbons (Fsp3) is 0.818. The zero-order valence-electron chi connectivity index (χ0n) is 10.6. The minimum Gasteiger partial charge on any atom is -0.480 e. The largest absolute Gasteiger partial charge is 0.480 e. The topological polar surface area (TPSA) is 80.9 Å². The van der Waals surface area contributed by atoms with Gasteiger partial charge in [0.25, 0.3) is 0 Å². The number of nitrogens with zero attached hydrogens (tertiary/aromatic N) is 4. The zero-order valence-corrected chi connectivity index (χ0v) is 11.4. The minimum absolute atomic E-state index is 0.173. The molecule has 0 amide bonds. The molecule has 1 aromatic heterocycles. The van der Waals surface area contributed by atoms with Gasteiger partial charge in [0, 0.05) is 5.25 Å². The summed E-state index contributed by atoms with van der Waals surface area (Å²) < 4.78 is 1.36. The van der Waals surface area contributed by atoms with Crippen molar-refractivity contribution < 1.29 is 9.90 Å². The van der Waals surface area contributed by atoms with E-state index in [2.05, 4.69) is 29.4 Å². The van der Waals surface area contributed by atoms with Crippen LogP contribution in [-0.4, -0.2) is 36.5 Å². The number of rotatable bonds is 4. The van der Waals surface area contributed by atoms with E-state index in [1.165, 1.54) is 11.1 Å². The SMILES string of the molecule is CC1CCC(Sc2nnnn2CC(=O)O)CC1C. The number of carboxylic acid groups (broad SMARTS) is 1. The number of hydrogen-bond acceptors (Lipinski definition) is 5. The van der Waals surface area contributed by atoms with Gasteiger partial charge in [-0.05, 0) is 41.5 Å². The van der Waals surface area contributed by atoms with Gasteiger partial charge in [-0.25, -0.2) is 4.68 Å². The summed E-state index contributed by atoms with van der Waals surface area (Å²) >= 11 is 1.61. The van der Waals surface area contributed by atoms with Crippen LogP contribution in [0.5, 0.6) is 0 Å². The molecule has 1 fully saturated rings. The lowest BCUT2D eigenvalue weighted by molar-refractivity contribution is -0.138. The highest BCUT2D eigenvalue weighted by Crippen LogP contribution is 2.37. The van der Waals surface area contributed by atoms with Crippen LogP contribution >= 0.6 is 11.8 Å². The molecule has 1 N–H and O–H groups in total. The third-order valence-corrected chi connectivity index (χ3v) is 4.87. The highest BCUT2D eigenvalue weighted by molar-refractivity contribution is 7.99. The van der Waals surface area contributed by atoms with E-state index < -0.39 is 5.97 Å². The molecule has 0 aliphatic heterocycles. The summed E-state index contributed by atoms with van der Waals surface area (Å²) in [6, 6.07) is 0. The number of aromatic nitrogens is 4. The van der Waals surface area contributed by atoms with E-state index in [1.54, 1.807) is 11.8 Å². The second-order valence-electron chi connectivity index (χ2n) is 5.02. The van der Waals surface area contributed by atoms with Crippen LogP contribution in [0, 0.1) is 11.8 Å². The number of aliphatic carboxylic acids is 1. The Kier molecular flexibility index (Phi) is 4.21. The number of thioether (sulfide) groups is 1. The maximum Gasteiger partial charge on any atom is 0.325 e. The average molecular weight is 270 g/mol. The standard InChI is InChI=1S/C11H18N4O2S/c1-7-3-4-9(5-8(7)2)18-11-12-13-14-15(11)6-10(16)17/h7-9H,3-6H2,1-2H3,(H,16,17). The number of hydrogen-bond donors (Lipinski definition) is 1. The lowest BCUT2D eigenvalue weighted by Crippen LogP contribution is -2.23.